The SMILES string of the molecule is CCC(C)[C@@H](c1ccc(Cl)o1)N1CCNCC1.Cl.Cl. The predicted octanol–water partition coefficient (Wildman–Crippen LogP) is 3.77. The van der Waals surface area contributed by atoms with E-state index in [1.165, 1.54) is 0 Å². The average Bonchev–Trinajstić information content (AvgIpc) is 2.77. The van der Waals surface area contributed by atoms with Crippen molar-refractivity contribution in [2.75, 3.05) is 26.2 Å². The molecule has 19 heavy (non-hydrogen) atoms. The molecule has 112 valence electrons. The second kappa shape index (κ2) is 9.09. The summed E-state index contributed by atoms with van der Waals surface area (Å²) in [4.78, 5) is 2.50. The maximum absolute atomic E-state index is 5.89. The van der Waals surface area contributed by atoms with Crippen LogP contribution in [0.5, 0.6) is 0 Å². The van der Waals surface area contributed by atoms with Gasteiger partial charge in [-0.05, 0) is 29.7 Å². The minimum atomic E-state index is 0. The van der Waals surface area contributed by atoms with Crippen LogP contribution in [0.4, 0.5) is 0 Å². The summed E-state index contributed by atoms with van der Waals surface area (Å²) in [6.07, 6.45) is 1.15. The van der Waals surface area contributed by atoms with Crippen LogP contribution < -0.4 is 5.32 Å². The van der Waals surface area contributed by atoms with Crippen molar-refractivity contribution in [2.45, 2.75) is 26.3 Å². The lowest BCUT2D eigenvalue weighted by Crippen LogP contribution is -2.46. The Kier molecular flexibility index (Phi) is 9.12. The monoisotopic (exact) mass is 328 g/mol. The van der Waals surface area contributed by atoms with Gasteiger partial charge in [0.25, 0.3) is 0 Å². The topological polar surface area (TPSA) is 28.4 Å². The van der Waals surface area contributed by atoms with Crippen LogP contribution in [0.1, 0.15) is 32.1 Å². The van der Waals surface area contributed by atoms with Gasteiger partial charge in [0.1, 0.15) is 5.76 Å². The molecule has 1 saturated heterocycles. The zero-order valence-corrected chi connectivity index (χ0v) is 13.8. The Morgan fingerprint density at radius 1 is 1.32 bits per heavy atom. The van der Waals surface area contributed by atoms with Crippen LogP contribution in [0, 0.1) is 5.92 Å². The van der Waals surface area contributed by atoms with Gasteiger partial charge < -0.3 is 9.73 Å². The Morgan fingerprint density at radius 2 is 1.95 bits per heavy atom. The zero-order valence-electron chi connectivity index (χ0n) is 11.4. The molecule has 1 aliphatic heterocycles. The predicted molar refractivity (Wildman–Crippen MR) is 84.9 cm³/mol. The molecule has 0 saturated carbocycles. The first kappa shape index (κ1) is 19.1. The Labute approximate surface area is 132 Å². The maximum Gasteiger partial charge on any atom is 0.193 e. The van der Waals surface area contributed by atoms with Crippen molar-refractivity contribution in [1.82, 2.24) is 10.2 Å². The lowest BCUT2D eigenvalue weighted by molar-refractivity contribution is 0.110. The van der Waals surface area contributed by atoms with Gasteiger partial charge in [-0.3, -0.25) is 4.90 Å². The Morgan fingerprint density at radius 3 is 2.42 bits per heavy atom. The van der Waals surface area contributed by atoms with Crippen molar-refractivity contribution >= 4 is 36.4 Å². The molecule has 0 aromatic carbocycles. The number of piperazine rings is 1. The van der Waals surface area contributed by atoms with Crippen LogP contribution in [0.2, 0.25) is 5.22 Å². The molecule has 0 radical (unpaired) electrons. The van der Waals surface area contributed by atoms with Crippen LogP contribution >= 0.6 is 36.4 Å². The summed E-state index contributed by atoms with van der Waals surface area (Å²) in [5.41, 5.74) is 0. The van der Waals surface area contributed by atoms with E-state index in [0.717, 1.165) is 38.4 Å². The fourth-order valence-electron chi connectivity index (χ4n) is 2.49. The summed E-state index contributed by atoms with van der Waals surface area (Å²) in [7, 11) is 0. The van der Waals surface area contributed by atoms with Gasteiger partial charge in [-0.15, -0.1) is 24.8 Å². The van der Waals surface area contributed by atoms with Gasteiger partial charge in [-0.1, -0.05) is 20.3 Å². The largest absolute Gasteiger partial charge is 0.448 e. The van der Waals surface area contributed by atoms with Crippen molar-refractivity contribution in [1.29, 1.82) is 0 Å². The summed E-state index contributed by atoms with van der Waals surface area (Å²) < 4.78 is 5.63. The van der Waals surface area contributed by atoms with E-state index in [-0.39, 0.29) is 24.8 Å². The van der Waals surface area contributed by atoms with Gasteiger partial charge >= 0.3 is 0 Å². The first-order valence-corrected chi connectivity index (χ1v) is 6.80. The summed E-state index contributed by atoms with van der Waals surface area (Å²) in [5.74, 6) is 1.58. The van der Waals surface area contributed by atoms with E-state index >= 15 is 0 Å². The van der Waals surface area contributed by atoms with Crippen molar-refractivity contribution in [3.05, 3.63) is 23.1 Å². The number of halogens is 3. The van der Waals surface area contributed by atoms with E-state index in [0.29, 0.717) is 17.2 Å². The van der Waals surface area contributed by atoms with E-state index in [2.05, 4.69) is 24.1 Å². The third kappa shape index (κ3) is 4.83. The zero-order chi connectivity index (χ0) is 12.3. The van der Waals surface area contributed by atoms with Crippen molar-refractivity contribution in [2.24, 2.45) is 5.92 Å². The Hall–Kier alpha value is 0.0700. The first-order valence-electron chi connectivity index (χ1n) is 6.42. The lowest BCUT2D eigenvalue weighted by atomic mass is 9.95. The Balaban J connectivity index is 0.00000162. The van der Waals surface area contributed by atoms with Gasteiger partial charge in [0.2, 0.25) is 0 Å². The molecule has 6 heteroatoms. The van der Waals surface area contributed by atoms with Gasteiger partial charge in [-0.2, -0.15) is 0 Å². The molecule has 0 amide bonds. The highest BCUT2D eigenvalue weighted by molar-refractivity contribution is 6.28. The molecule has 1 N–H and O–H groups in total. The minimum absolute atomic E-state index is 0. The van der Waals surface area contributed by atoms with Gasteiger partial charge in [0.15, 0.2) is 5.22 Å². The second-order valence-electron chi connectivity index (χ2n) is 4.76. The van der Waals surface area contributed by atoms with Gasteiger partial charge in [-0.25, -0.2) is 0 Å². The van der Waals surface area contributed by atoms with Crippen LogP contribution in [0.25, 0.3) is 0 Å². The highest BCUT2D eigenvalue weighted by Gasteiger charge is 2.28. The van der Waals surface area contributed by atoms with E-state index in [4.69, 9.17) is 16.0 Å². The molecule has 2 heterocycles. The fourth-order valence-corrected chi connectivity index (χ4v) is 2.64. The summed E-state index contributed by atoms with van der Waals surface area (Å²) in [6.45, 7) is 8.77. The highest BCUT2D eigenvalue weighted by Crippen LogP contribution is 2.33. The average molecular weight is 330 g/mol. The molecule has 0 aliphatic carbocycles. The van der Waals surface area contributed by atoms with Crippen molar-refractivity contribution < 1.29 is 4.42 Å². The quantitative estimate of drug-likeness (QED) is 0.911. The summed E-state index contributed by atoms with van der Waals surface area (Å²) in [6, 6.07) is 4.21. The van der Waals surface area contributed by atoms with E-state index < -0.39 is 0 Å². The lowest BCUT2D eigenvalue weighted by Gasteiger charge is -2.36. The minimum Gasteiger partial charge on any atom is -0.448 e. The molecule has 1 aliphatic rings. The third-order valence-electron chi connectivity index (χ3n) is 3.61. The maximum atomic E-state index is 5.89. The summed E-state index contributed by atoms with van der Waals surface area (Å²) >= 11 is 5.89. The summed E-state index contributed by atoms with van der Waals surface area (Å²) in [5, 5.41) is 3.87. The highest BCUT2D eigenvalue weighted by atomic mass is 35.5. The molecule has 3 nitrogen and oxygen atoms in total. The van der Waals surface area contributed by atoms with Gasteiger partial charge in [0.05, 0.1) is 6.04 Å². The molecule has 0 bridgehead atoms. The molecule has 2 atom stereocenters. The fraction of sp³-hybridized carbons (Fsp3) is 0.692. The van der Waals surface area contributed by atoms with Gasteiger partial charge in [0, 0.05) is 26.2 Å². The number of rotatable bonds is 4. The van der Waals surface area contributed by atoms with E-state index in [1.807, 2.05) is 12.1 Å². The molecule has 1 aromatic rings. The van der Waals surface area contributed by atoms with Crippen LogP contribution in [0.15, 0.2) is 16.5 Å². The van der Waals surface area contributed by atoms with Crippen molar-refractivity contribution in [3.8, 4) is 0 Å². The molecule has 2 rings (SSSR count). The molecule has 1 unspecified atom stereocenters. The molecular weight excluding hydrogens is 307 g/mol. The molecule has 1 fully saturated rings. The van der Waals surface area contributed by atoms with E-state index in [9.17, 15) is 0 Å². The third-order valence-corrected chi connectivity index (χ3v) is 3.82. The van der Waals surface area contributed by atoms with Crippen molar-refractivity contribution in [3.63, 3.8) is 0 Å². The smallest absolute Gasteiger partial charge is 0.193 e. The number of nitrogens with zero attached hydrogens (tertiary/aromatic N) is 1. The Bertz CT molecular complexity index is 353. The first-order chi connectivity index (χ1) is 8.22. The van der Waals surface area contributed by atoms with E-state index in [1.54, 1.807) is 0 Å². The molecule has 0 spiro atoms. The number of hydrogen-bond donors (Lipinski definition) is 1. The normalized spacial score (nSPS) is 19.1. The number of hydrogen-bond acceptors (Lipinski definition) is 3. The number of nitrogens with one attached hydrogen (secondary N) is 1. The number of furan rings is 1. The van der Waals surface area contributed by atoms with Crippen LogP contribution in [-0.2, 0) is 0 Å². The molecule has 1 aromatic heterocycles. The standard InChI is InChI=1S/C13H21ClN2O.2ClH/c1-3-10(2)13(11-4-5-12(14)17-11)16-8-6-15-7-9-16;;/h4-5,10,13,15H,3,6-9H2,1-2H3;2*1H/t10?,13-;;/m0../s1. The molecular formula is C13H23Cl3N2O. The second-order valence-corrected chi connectivity index (χ2v) is 5.13. The van der Waals surface area contributed by atoms with Crippen LogP contribution in [0.3, 0.4) is 0 Å². The van der Waals surface area contributed by atoms with Crippen LogP contribution in [-0.4, -0.2) is 31.1 Å².